The molecule has 0 aliphatic heterocycles. The Morgan fingerprint density at radius 1 is 0.600 bits per heavy atom. The molecule has 72 valence electrons. The highest BCUT2D eigenvalue weighted by Gasteiger charge is 2.08. The molecule has 0 unspecified atom stereocenters. The van der Waals surface area contributed by atoms with Gasteiger partial charge in [-0.15, -0.1) is 0 Å². The van der Waals surface area contributed by atoms with Gasteiger partial charge in [-0.3, -0.25) is 13.2 Å². The monoisotopic (exact) mass is 198 g/mol. The van der Waals surface area contributed by atoms with Crippen molar-refractivity contribution in [2.24, 2.45) is 0 Å². The molecular weight excluding hydrogens is 192 g/mol. The minimum atomic E-state index is 0.821. The van der Waals surface area contributed by atoms with Gasteiger partial charge in [0.15, 0.2) is 0 Å². The van der Waals surface area contributed by atoms with Gasteiger partial charge in [-0.25, -0.2) is 15.0 Å². The Hall–Kier alpha value is -2.37. The van der Waals surface area contributed by atoms with Crippen molar-refractivity contribution in [3.63, 3.8) is 0 Å². The number of fused-ring (bicyclic) bond motifs is 6. The molecule has 0 saturated heterocycles. The van der Waals surface area contributed by atoms with Crippen LogP contribution in [0, 0.1) is 0 Å². The summed E-state index contributed by atoms with van der Waals surface area (Å²) in [6, 6.07) is 0. The highest BCUT2D eigenvalue weighted by atomic mass is 15.3. The molecule has 0 saturated carbocycles. The molecular formula is C9H6N6. The van der Waals surface area contributed by atoms with Crippen LogP contribution >= 0.6 is 0 Å². The molecule has 0 aliphatic rings. The lowest BCUT2D eigenvalue weighted by molar-refractivity contribution is 0.978. The van der Waals surface area contributed by atoms with E-state index < -0.39 is 0 Å². The molecule has 0 N–H and O–H groups in total. The van der Waals surface area contributed by atoms with Crippen molar-refractivity contribution in [2.75, 3.05) is 0 Å². The predicted molar refractivity (Wildman–Crippen MR) is 52.7 cm³/mol. The van der Waals surface area contributed by atoms with Gasteiger partial charge in [0.05, 0.1) is 0 Å². The number of imidazole rings is 3. The third kappa shape index (κ3) is 0.687. The molecule has 4 heterocycles. The third-order valence-corrected chi connectivity index (χ3v) is 2.51. The molecule has 6 heteroatoms. The second-order valence-electron chi connectivity index (χ2n) is 3.29. The van der Waals surface area contributed by atoms with Crippen molar-refractivity contribution in [3.8, 4) is 0 Å². The Morgan fingerprint density at radius 2 is 0.933 bits per heavy atom. The fourth-order valence-electron chi connectivity index (χ4n) is 1.89. The first-order valence-corrected chi connectivity index (χ1v) is 4.56. The highest BCUT2D eigenvalue weighted by molar-refractivity contribution is 5.52. The van der Waals surface area contributed by atoms with E-state index >= 15 is 0 Å². The van der Waals surface area contributed by atoms with E-state index in [4.69, 9.17) is 0 Å². The van der Waals surface area contributed by atoms with Crippen LogP contribution in [0.1, 0.15) is 0 Å². The molecule has 6 nitrogen and oxygen atoms in total. The largest absolute Gasteiger partial charge is 0.254 e. The summed E-state index contributed by atoms with van der Waals surface area (Å²) in [7, 11) is 0. The van der Waals surface area contributed by atoms with Gasteiger partial charge in [-0.2, -0.15) is 0 Å². The van der Waals surface area contributed by atoms with Crippen LogP contribution in [0.3, 0.4) is 0 Å². The Kier molecular flexibility index (Phi) is 1.01. The summed E-state index contributed by atoms with van der Waals surface area (Å²) in [6.45, 7) is 0. The first kappa shape index (κ1) is 6.99. The number of hydrogen-bond acceptors (Lipinski definition) is 3. The van der Waals surface area contributed by atoms with Gasteiger partial charge in [0, 0.05) is 37.2 Å². The van der Waals surface area contributed by atoms with Crippen molar-refractivity contribution < 1.29 is 0 Å². The van der Waals surface area contributed by atoms with E-state index in [1.807, 2.05) is 31.8 Å². The maximum atomic E-state index is 4.28. The Balaban J connectivity index is 2.56. The summed E-state index contributed by atoms with van der Waals surface area (Å²) >= 11 is 0. The van der Waals surface area contributed by atoms with E-state index in [0.717, 1.165) is 17.3 Å². The van der Waals surface area contributed by atoms with Crippen LogP contribution < -0.4 is 0 Å². The average molecular weight is 198 g/mol. The standard InChI is InChI=1S/C9H6N6/c1-4-13-7(10-1)14-5-2-12-9(14)15-6-3-11-8(13)15/h1-6H. The quantitative estimate of drug-likeness (QED) is 0.416. The molecule has 0 bridgehead atoms. The lowest BCUT2D eigenvalue weighted by Gasteiger charge is -2.01. The van der Waals surface area contributed by atoms with E-state index in [1.165, 1.54) is 0 Å². The zero-order valence-electron chi connectivity index (χ0n) is 7.65. The molecule has 0 amide bonds. The highest BCUT2D eigenvalue weighted by Crippen LogP contribution is 2.10. The number of aromatic nitrogens is 6. The Bertz CT molecular complexity index is 579. The zero-order chi connectivity index (χ0) is 9.83. The van der Waals surface area contributed by atoms with Gasteiger partial charge >= 0.3 is 0 Å². The molecule has 15 heavy (non-hydrogen) atoms. The molecule has 0 spiro atoms. The average Bonchev–Trinajstić information content (AvgIpc) is 2.97. The third-order valence-electron chi connectivity index (χ3n) is 2.51. The summed E-state index contributed by atoms with van der Waals surface area (Å²) in [5.41, 5.74) is 0. The topological polar surface area (TPSA) is 51.9 Å². The maximum Gasteiger partial charge on any atom is 0.223 e. The lowest BCUT2D eigenvalue weighted by Crippen LogP contribution is -2.02. The van der Waals surface area contributed by atoms with Crippen molar-refractivity contribution in [3.05, 3.63) is 37.2 Å². The molecule has 4 aromatic heterocycles. The van der Waals surface area contributed by atoms with Gasteiger partial charge in [-0.1, -0.05) is 0 Å². The maximum absolute atomic E-state index is 4.28. The zero-order valence-corrected chi connectivity index (χ0v) is 7.65. The Morgan fingerprint density at radius 3 is 1.27 bits per heavy atom. The number of rotatable bonds is 0. The first-order valence-electron chi connectivity index (χ1n) is 4.56. The first-order chi connectivity index (χ1) is 7.45. The van der Waals surface area contributed by atoms with Gasteiger partial charge in [0.2, 0.25) is 17.3 Å². The molecule has 0 atom stereocenters. The van der Waals surface area contributed by atoms with Crippen LogP contribution in [0.5, 0.6) is 0 Å². The van der Waals surface area contributed by atoms with Crippen molar-refractivity contribution in [1.82, 2.24) is 28.2 Å². The van der Waals surface area contributed by atoms with Crippen LogP contribution in [0.2, 0.25) is 0 Å². The van der Waals surface area contributed by atoms with Crippen LogP contribution in [0.15, 0.2) is 37.2 Å². The predicted octanol–water partition coefficient (Wildman–Crippen LogP) is 0.630. The minimum absolute atomic E-state index is 0.821. The van der Waals surface area contributed by atoms with E-state index in [9.17, 15) is 0 Å². The number of nitrogens with zero attached hydrogens (tertiary/aromatic N) is 6. The van der Waals surface area contributed by atoms with Crippen molar-refractivity contribution >= 4 is 17.3 Å². The van der Waals surface area contributed by atoms with E-state index in [0.29, 0.717) is 0 Å². The summed E-state index contributed by atoms with van der Waals surface area (Å²) < 4.78 is 5.78. The molecule has 0 radical (unpaired) electrons. The van der Waals surface area contributed by atoms with E-state index in [1.54, 1.807) is 18.6 Å². The fraction of sp³-hybridized carbons (Fsp3) is 0. The fourth-order valence-corrected chi connectivity index (χ4v) is 1.89. The van der Waals surface area contributed by atoms with E-state index in [-0.39, 0.29) is 0 Å². The molecule has 4 aromatic rings. The molecule has 0 aliphatic carbocycles. The van der Waals surface area contributed by atoms with Crippen LogP contribution in [0.25, 0.3) is 17.3 Å². The van der Waals surface area contributed by atoms with Crippen molar-refractivity contribution in [1.29, 1.82) is 0 Å². The summed E-state index contributed by atoms with van der Waals surface area (Å²) in [5, 5.41) is 0. The van der Waals surface area contributed by atoms with Gasteiger partial charge in [0.1, 0.15) is 0 Å². The smallest absolute Gasteiger partial charge is 0.223 e. The molecule has 0 fully saturated rings. The van der Waals surface area contributed by atoms with E-state index in [2.05, 4.69) is 15.0 Å². The van der Waals surface area contributed by atoms with Crippen molar-refractivity contribution in [2.45, 2.75) is 0 Å². The number of hydrogen-bond donors (Lipinski definition) is 0. The summed E-state index contributed by atoms with van der Waals surface area (Å²) in [5.74, 6) is 2.46. The second kappa shape index (κ2) is 2.17. The molecule has 4 rings (SSSR count). The Labute approximate surface area is 83.4 Å². The van der Waals surface area contributed by atoms with Crippen LogP contribution in [-0.2, 0) is 0 Å². The molecule has 0 aromatic carbocycles. The van der Waals surface area contributed by atoms with Crippen LogP contribution in [-0.4, -0.2) is 28.2 Å². The summed E-state index contributed by atoms with van der Waals surface area (Å²) in [4.78, 5) is 12.8. The van der Waals surface area contributed by atoms with Crippen LogP contribution in [0.4, 0.5) is 0 Å². The van der Waals surface area contributed by atoms with Gasteiger partial charge < -0.3 is 0 Å². The SMILES string of the molecule is c1cn2c(n1)n1ccnc1n1ccnc21. The second-order valence-corrected chi connectivity index (χ2v) is 3.29. The summed E-state index contributed by atoms with van der Waals surface area (Å²) in [6.07, 6.45) is 10.9. The lowest BCUT2D eigenvalue weighted by atomic mass is 10.8. The van der Waals surface area contributed by atoms with Gasteiger partial charge in [-0.05, 0) is 0 Å². The van der Waals surface area contributed by atoms with Gasteiger partial charge in [0.25, 0.3) is 0 Å². The minimum Gasteiger partial charge on any atom is -0.254 e. The normalized spacial score (nSPS) is 12.0.